The van der Waals surface area contributed by atoms with E-state index < -0.39 is 16.6 Å². The van der Waals surface area contributed by atoms with Crippen LogP contribution in [-0.2, 0) is 22.1 Å². The van der Waals surface area contributed by atoms with Gasteiger partial charge in [0.05, 0.1) is 13.2 Å². The van der Waals surface area contributed by atoms with Gasteiger partial charge in [-0.05, 0) is 70.7 Å². The van der Waals surface area contributed by atoms with Crippen LogP contribution in [0.15, 0.2) is 46.9 Å². The molecule has 5 heteroatoms. The molecule has 0 amide bonds. The molecule has 0 fully saturated rings. The highest BCUT2D eigenvalue weighted by atomic mass is 79.9. The predicted octanol–water partition coefficient (Wildman–Crippen LogP) is 9.66. The molecule has 0 saturated heterocycles. The maximum absolute atomic E-state index is 6.62. The highest BCUT2D eigenvalue weighted by molar-refractivity contribution is 9.10. The average Bonchev–Trinajstić information content (AvgIpc) is 2.69. The summed E-state index contributed by atoms with van der Waals surface area (Å²) in [6, 6.07) is 15.0. The van der Waals surface area contributed by atoms with E-state index in [1.807, 2.05) is 6.07 Å². The Morgan fingerprint density at radius 2 is 1.24 bits per heavy atom. The van der Waals surface area contributed by atoms with Crippen molar-refractivity contribution in [3.63, 3.8) is 0 Å². The molecule has 0 atom stereocenters. The van der Waals surface area contributed by atoms with Crippen molar-refractivity contribution in [2.75, 3.05) is 0 Å². The second-order valence-electron chi connectivity index (χ2n) is 12.0. The van der Waals surface area contributed by atoms with Crippen LogP contribution in [0.3, 0.4) is 0 Å². The molecule has 0 radical (unpaired) electrons. The van der Waals surface area contributed by atoms with Gasteiger partial charge in [0.2, 0.25) is 0 Å². The Morgan fingerprint density at radius 1 is 0.727 bits per heavy atom. The summed E-state index contributed by atoms with van der Waals surface area (Å²) < 4.78 is 14.3. The summed E-state index contributed by atoms with van der Waals surface area (Å²) in [6.07, 6.45) is 4.33. The van der Waals surface area contributed by atoms with Gasteiger partial charge in [0.1, 0.15) is 0 Å². The lowest BCUT2D eigenvalue weighted by Gasteiger charge is -2.37. The van der Waals surface area contributed by atoms with Crippen LogP contribution < -0.4 is 0 Å². The number of benzene rings is 2. The third kappa shape index (κ3) is 7.76. The molecule has 2 aromatic rings. The van der Waals surface area contributed by atoms with Crippen molar-refractivity contribution in [3.05, 3.63) is 69.2 Å². The van der Waals surface area contributed by atoms with Crippen molar-refractivity contribution in [2.45, 2.75) is 91.0 Å². The molecule has 2 aromatic carbocycles. The van der Waals surface area contributed by atoms with Gasteiger partial charge in [-0.1, -0.05) is 100.0 Å². The van der Waals surface area contributed by atoms with Crippen LogP contribution in [0.4, 0.5) is 0 Å². The molecule has 0 aliphatic rings. The molecule has 0 aromatic heterocycles. The number of halogens is 1. The Hall–Kier alpha value is -0.986. The zero-order valence-electron chi connectivity index (χ0n) is 22.3. The van der Waals surface area contributed by atoms with Gasteiger partial charge in [0.25, 0.3) is 0 Å². The molecule has 33 heavy (non-hydrogen) atoms. The first kappa shape index (κ1) is 28.3. The van der Waals surface area contributed by atoms with Gasteiger partial charge in [-0.3, -0.25) is 0 Å². The normalized spacial score (nSPS) is 13.7. The molecule has 0 bridgehead atoms. The fourth-order valence-electron chi connectivity index (χ4n) is 2.77. The molecular weight excluding hydrogens is 504 g/mol. The van der Waals surface area contributed by atoms with Crippen molar-refractivity contribution in [3.8, 4) is 0 Å². The van der Waals surface area contributed by atoms with Crippen molar-refractivity contribution in [2.24, 2.45) is 0 Å². The lowest BCUT2D eigenvalue weighted by atomic mass is 10.0. The largest absolute Gasteiger partial charge is 0.413 e. The van der Waals surface area contributed by atoms with E-state index in [9.17, 15) is 0 Å². The lowest BCUT2D eigenvalue weighted by molar-refractivity contribution is 0.257. The minimum atomic E-state index is -1.85. The minimum absolute atomic E-state index is 0.182. The van der Waals surface area contributed by atoms with Gasteiger partial charge in [0.15, 0.2) is 16.6 Å². The fourth-order valence-corrected chi connectivity index (χ4v) is 5.09. The van der Waals surface area contributed by atoms with Gasteiger partial charge in [-0.25, -0.2) is 0 Å². The SMILES string of the molecule is CC(C)(C)[Si](C)(C)OCc1ccc(C=Cc2ccccc2Br)cc1CO[Si](C)(C)C(C)(C)C. The second kappa shape index (κ2) is 10.7. The summed E-state index contributed by atoms with van der Waals surface area (Å²) in [7, 11) is -3.68. The van der Waals surface area contributed by atoms with Gasteiger partial charge in [0, 0.05) is 4.47 Å². The Kier molecular flexibility index (Phi) is 9.19. The third-order valence-corrected chi connectivity index (χ3v) is 17.1. The second-order valence-corrected chi connectivity index (χ2v) is 22.5. The van der Waals surface area contributed by atoms with E-state index in [-0.39, 0.29) is 10.1 Å². The molecule has 0 aliphatic carbocycles. The van der Waals surface area contributed by atoms with Gasteiger partial charge in [-0.2, -0.15) is 0 Å². The molecule has 2 rings (SSSR count). The van der Waals surface area contributed by atoms with E-state index in [0.717, 1.165) is 4.47 Å². The van der Waals surface area contributed by atoms with Crippen LogP contribution in [0.1, 0.15) is 63.8 Å². The van der Waals surface area contributed by atoms with Gasteiger partial charge in [-0.15, -0.1) is 0 Å². The zero-order chi connectivity index (χ0) is 25.1. The molecule has 0 N–H and O–H groups in total. The van der Waals surface area contributed by atoms with Crippen LogP contribution in [-0.4, -0.2) is 16.6 Å². The molecule has 2 nitrogen and oxygen atoms in total. The molecule has 0 spiro atoms. The molecule has 0 heterocycles. The van der Waals surface area contributed by atoms with E-state index in [1.165, 1.54) is 22.3 Å². The molecule has 0 unspecified atom stereocenters. The zero-order valence-corrected chi connectivity index (χ0v) is 25.9. The Morgan fingerprint density at radius 3 is 1.76 bits per heavy atom. The Balaban J connectivity index is 2.33. The molecule has 0 saturated carbocycles. The highest BCUT2D eigenvalue weighted by Gasteiger charge is 2.38. The summed E-state index contributed by atoms with van der Waals surface area (Å²) in [6.45, 7) is 24.3. The van der Waals surface area contributed by atoms with Crippen molar-refractivity contribution in [1.82, 2.24) is 0 Å². The van der Waals surface area contributed by atoms with Crippen LogP contribution >= 0.6 is 15.9 Å². The molecule has 0 aliphatic heterocycles. The van der Waals surface area contributed by atoms with Crippen LogP contribution in [0, 0.1) is 0 Å². The van der Waals surface area contributed by atoms with E-state index >= 15 is 0 Å². The van der Waals surface area contributed by atoms with Crippen LogP contribution in [0.2, 0.25) is 36.3 Å². The van der Waals surface area contributed by atoms with Crippen molar-refractivity contribution < 1.29 is 8.85 Å². The number of hydrogen-bond acceptors (Lipinski definition) is 2. The maximum atomic E-state index is 6.62. The average molecular weight is 548 g/mol. The summed E-state index contributed by atoms with van der Waals surface area (Å²) in [5.74, 6) is 0. The highest BCUT2D eigenvalue weighted by Crippen LogP contribution is 2.39. The number of hydrogen-bond donors (Lipinski definition) is 0. The van der Waals surface area contributed by atoms with Crippen LogP contribution in [0.25, 0.3) is 12.2 Å². The maximum Gasteiger partial charge on any atom is 0.192 e. The molecular formula is C28H43BrO2Si2. The standard InChI is InChI=1S/C28H43BrO2Si2/c1-27(2,3)32(7,8)30-20-24-18-16-22(15-17-23-13-11-12-14-26(23)29)19-25(24)21-31-33(9,10)28(4,5)6/h11-19H,20-21H2,1-10H3. The summed E-state index contributed by atoms with van der Waals surface area (Å²) in [4.78, 5) is 0. The first-order valence-corrected chi connectivity index (χ1v) is 18.5. The molecule has 182 valence electrons. The fraction of sp³-hybridized carbons (Fsp3) is 0.500. The summed E-state index contributed by atoms with van der Waals surface area (Å²) in [5, 5.41) is 0.373. The monoisotopic (exact) mass is 546 g/mol. The van der Waals surface area contributed by atoms with Gasteiger partial charge < -0.3 is 8.85 Å². The first-order valence-electron chi connectivity index (χ1n) is 11.9. The van der Waals surface area contributed by atoms with E-state index in [0.29, 0.717) is 13.2 Å². The summed E-state index contributed by atoms with van der Waals surface area (Å²) in [5.41, 5.74) is 4.81. The van der Waals surface area contributed by atoms with E-state index in [4.69, 9.17) is 8.85 Å². The Bertz CT molecular complexity index is 967. The minimum Gasteiger partial charge on any atom is -0.413 e. The van der Waals surface area contributed by atoms with Crippen molar-refractivity contribution in [1.29, 1.82) is 0 Å². The lowest BCUT2D eigenvalue weighted by Crippen LogP contribution is -2.41. The van der Waals surface area contributed by atoms with Crippen molar-refractivity contribution >= 4 is 44.7 Å². The predicted molar refractivity (Wildman–Crippen MR) is 153 cm³/mol. The van der Waals surface area contributed by atoms with E-state index in [1.54, 1.807) is 0 Å². The Labute approximate surface area is 213 Å². The first-order chi connectivity index (χ1) is 15.0. The topological polar surface area (TPSA) is 18.5 Å². The summed E-state index contributed by atoms with van der Waals surface area (Å²) >= 11 is 3.64. The quantitative estimate of drug-likeness (QED) is 0.242. The van der Waals surface area contributed by atoms with Gasteiger partial charge >= 0.3 is 0 Å². The van der Waals surface area contributed by atoms with E-state index in [2.05, 4.69) is 132 Å². The third-order valence-electron chi connectivity index (χ3n) is 7.38. The number of rotatable bonds is 8. The van der Waals surface area contributed by atoms with Crippen LogP contribution in [0.5, 0.6) is 0 Å². The smallest absolute Gasteiger partial charge is 0.192 e.